The zero-order valence-electron chi connectivity index (χ0n) is 12.5. The van der Waals surface area contributed by atoms with Crippen molar-refractivity contribution in [2.45, 2.75) is 6.61 Å². The van der Waals surface area contributed by atoms with Gasteiger partial charge in [-0.25, -0.2) is 4.79 Å². The lowest BCUT2D eigenvalue weighted by molar-refractivity contribution is -0.0498. The molecule has 0 saturated heterocycles. The minimum absolute atomic E-state index is 0.104. The largest absolute Gasteiger partial charge is 0.439 e. The Morgan fingerprint density at radius 1 is 1.20 bits per heavy atom. The number of anilines is 1. The van der Waals surface area contributed by atoms with Crippen molar-refractivity contribution in [3.05, 3.63) is 64.6 Å². The molecule has 0 fully saturated rings. The van der Waals surface area contributed by atoms with Crippen LogP contribution < -0.4 is 15.8 Å². The summed E-state index contributed by atoms with van der Waals surface area (Å²) in [6.45, 7) is -2.96. The number of amides is 1. The van der Waals surface area contributed by atoms with E-state index in [4.69, 9.17) is 0 Å². The van der Waals surface area contributed by atoms with Gasteiger partial charge >= 0.3 is 12.4 Å². The third kappa shape index (κ3) is 4.08. The van der Waals surface area contributed by atoms with Crippen LogP contribution in [-0.4, -0.2) is 22.7 Å². The second kappa shape index (κ2) is 6.95. The van der Waals surface area contributed by atoms with Crippen LogP contribution in [0, 0.1) is 0 Å². The number of nitrogens with zero attached hydrogens (tertiary/aromatic N) is 1. The van der Waals surface area contributed by atoms with Gasteiger partial charge in [-0.15, -0.1) is 0 Å². The third-order valence-electron chi connectivity index (χ3n) is 3.18. The van der Waals surface area contributed by atoms with E-state index in [9.17, 15) is 18.4 Å². The topological polar surface area (TPSA) is 97.2 Å². The van der Waals surface area contributed by atoms with E-state index in [1.807, 2.05) is 0 Å². The maximum atomic E-state index is 12.2. The number of carbonyl (C=O) groups excluding carboxylic acids is 1. The summed E-state index contributed by atoms with van der Waals surface area (Å²) >= 11 is 0. The Balaban J connectivity index is 1.71. The van der Waals surface area contributed by atoms with E-state index in [2.05, 4.69) is 24.7 Å². The number of alkyl halides is 2. The predicted octanol–water partition coefficient (Wildman–Crippen LogP) is 2.88. The fourth-order valence-electron chi connectivity index (χ4n) is 2.08. The molecular formula is C16H11F2N3O4. The van der Waals surface area contributed by atoms with Gasteiger partial charge in [0.15, 0.2) is 5.82 Å². The van der Waals surface area contributed by atoms with Crippen LogP contribution in [0.15, 0.2) is 57.8 Å². The SMILES string of the molecule is O=C(Nc1ccc(-c2noc(=O)[nH]2)cc1)c1cccc(OC(F)F)c1. The highest BCUT2D eigenvalue weighted by atomic mass is 19.3. The molecule has 0 aliphatic heterocycles. The van der Waals surface area contributed by atoms with Gasteiger partial charge in [-0.3, -0.25) is 14.3 Å². The van der Waals surface area contributed by atoms with Crippen molar-refractivity contribution in [2.24, 2.45) is 0 Å². The molecule has 25 heavy (non-hydrogen) atoms. The lowest BCUT2D eigenvalue weighted by Gasteiger charge is -2.08. The minimum Gasteiger partial charge on any atom is -0.435 e. The minimum atomic E-state index is -2.96. The number of aromatic amines is 1. The highest BCUT2D eigenvalue weighted by Gasteiger charge is 2.10. The second-order valence-corrected chi connectivity index (χ2v) is 4.88. The summed E-state index contributed by atoms with van der Waals surface area (Å²) in [6, 6.07) is 11.9. The van der Waals surface area contributed by atoms with Gasteiger partial charge < -0.3 is 10.1 Å². The Morgan fingerprint density at radius 3 is 2.60 bits per heavy atom. The molecule has 0 radical (unpaired) electrons. The van der Waals surface area contributed by atoms with Crippen molar-refractivity contribution in [1.29, 1.82) is 0 Å². The molecular weight excluding hydrogens is 336 g/mol. The molecule has 1 amide bonds. The summed E-state index contributed by atoms with van der Waals surface area (Å²) < 4.78 is 33.1. The maximum absolute atomic E-state index is 12.2. The molecule has 0 aliphatic carbocycles. The molecule has 128 valence electrons. The lowest BCUT2D eigenvalue weighted by Crippen LogP contribution is -2.12. The van der Waals surface area contributed by atoms with E-state index < -0.39 is 18.3 Å². The van der Waals surface area contributed by atoms with Gasteiger partial charge in [0.2, 0.25) is 0 Å². The molecule has 7 nitrogen and oxygen atoms in total. The zero-order chi connectivity index (χ0) is 17.8. The number of H-pyrrole nitrogens is 1. The van der Waals surface area contributed by atoms with Gasteiger partial charge in [0.05, 0.1) is 0 Å². The zero-order valence-corrected chi connectivity index (χ0v) is 12.5. The van der Waals surface area contributed by atoms with Gasteiger partial charge in [0.25, 0.3) is 5.91 Å². The summed E-state index contributed by atoms with van der Waals surface area (Å²) in [7, 11) is 0. The first kappa shape index (κ1) is 16.4. The highest BCUT2D eigenvalue weighted by Crippen LogP contribution is 2.19. The molecule has 3 aromatic rings. The summed E-state index contributed by atoms with van der Waals surface area (Å²) in [4.78, 5) is 25.5. The van der Waals surface area contributed by atoms with E-state index in [1.165, 1.54) is 24.3 Å². The van der Waals surface area contributed by atoms with E-state index in [1.54, 1.807) is 24.3 Å². The van der Waals surface area contributed by atoms with Crippen molar-refractivity contribution in [1.82, 2.24) is 10.1 Å². The Bertz CT molecular complexity index is 935. The average Bonchev–Trinajstić information content (AvgIpc) is 3.01. The fraction of sp³-hybridized carbons (Fsp3) is 0.0625. The van der Waals surface area contributed by atoms with Crippen molar-refractivity contribution in [2.75, 3.05) is 5.32 Å². The first-order valence-corrected chi connectivity index (χ1v) is 7.04. The first-order chi connectivity index (χ1) is 12.0. The monoisotopic (exact) mass is 347 g/mol. The van der Waals surface area contributed by atoms with Gasteiger partial charge in [-0.05, 0) is 42.5 Å². The quantitative estimate of drug-likeness (QED) is 0.740. The van der Waals surface area contributed by atoms with E-state index in [-0.39, 0.29) is 17.1 Å². The lowest BCUT2D eigenvalue weighted by atomic mass is 10.1. The summed E-state index contributed by atoms with van der Waals surface area (Å²) in [5.74, 6) is -0.992. The van der Waals surface area contributed by atoms with Gasteiger partial charge in [-0.1, -0.05) is 11.2 Å². The molecule has 0 aliphatic rings. The normalized spacial score (nSPS) is 10.7. The number of ether oxygens (including phenoxy) is 1. The number of halogens is 2. The summed E-state index contributed by atoms with van der Waals surface area (Å²) in [6.07, 6.45) is 0. The summed E-state index contributed by atoms with van der Waals surface area (Å²) in [5.41, 5.74) is 1.24. The van der Waals surface area contributed by atoms with Crippen LogP contribution >= 0.6 is 0 Å². The van der Waals surface area contributed by atoms with Crippen LogP contribution in [0.25, 0.3) is 11.4 Å². The molecule has 2 N–H and O–H groups in total. The Hall–Kier alpha value is -3.49. The van der Waals surface area contributed by atoms with Crippen LogP contribution in [0.5, 0.6) is 5.75 Å². The maximum Gasteiger partial charge on any atom is 0.439 e. The van der Waals surface area contributed by atoms with E-state index in [0.29, 0.717) is 11.3 Å². The van der Waals surface area contributed by atoms with Gasteiger partial charge in [-0.2, -0.15) is 8.78 Å². The highest BCUT2D eigenvalue weighted by molar-refractivity contribution is 6.04. The molecule has 0 bridgehead atoms. The predicted molar refractivity (Wildman–Crippen MR) is 83.6 cm³/mol. The number of benzene rings is 2. The molecule has 0 saturated carbocycles. The number of hydrogen-bond donors (Lipinski definition) is 2. The molecule has 1 heterocycles. The fourth-order valence-corrected chi connectivity index (χ4v) is 2.08. The molecule has 0 unspecified atom stereocenters. The number of hydrogen-bond acceptors (Lipinski definition) is 5. The van der Waals surface area contributed by atoms with Crippen LogP contribution in [-0.2, 0) is 0 Å². The Labute approximate surface area is 139 Å². The Morgan fingerprint density at radius 2 is 1.96 bits per heavy atom. The van der Waals surface area contributed by atoms with Crippen molar-refractivity contribution in [3.8, 4) is 17.1 Å². The second-order valence-electron chi connectivity index (χ2n) is 4.88. The first-order valence-electron chi connectivity index (χ1n) is 7.04. The molecule has 3 rings (SSSR count). The van der Waals surface area contributed by atoms with Crippen molar-refractivity contribution >= 4 is 11.6 Å². The number of rotatable bonds is 5. The van der Waals surface area contributed by atoms with Crippen molar-refractivity contribution in [3.63, 3.8) is 0 Å². The molecule has 0 atom stereocenters. The average molecular weight is 347 g/mol. The smallest absolute Gasteiger partial charge is 0.435 e. The molecule has 9 heteroatoms. The standard InChI is InChI=1S/C16H11F2N3O4/c17-15(18)24-12-3-1-2-10(8-12)14(22)19-11-6-4-9(5-7-11)13-20-16(23)25-21-13/h1-8,15H,(H,19,22)(H,20,21,23). The van der Waals surface area contributed by atoms with Gasteiger partial charge in [0, 0.05) is 16.8 Å². The van der Waals surface area contributed by atoms with Gasteiger partial charge in [0.1, 0.15) is 5.75 Å². The Kier molecular flexibility index (Phi) is 4.55. The number of aromatic nitrogens is 2. The van der Waals surface area contributed by atoms with Crippen LogP contribution in [0.1, 0.15) is 10.4 Å². The molecule has 0 spiro atoms. The number of carbonyl (C=O) groups is 1. The van der Waals surface area contributed by atoms with Crippen LogP contribution in [0.2, 0.25) is 0 Å². The molecule has 1 aromatic heterocycles. The van der Waals surface area contributed by atoms with Crippen LogP contribution in [0.4, 0.5) is 14.5 Å². The van der Waals surface area contributed by atoms with E-state index in [0.717, 1.165) is 0 Å². The summed E-state index contributed by atoms with van der Waals surface area (Å²) in [5, 5.41) is 6.18. The third-order valence-corrected chi connectivity index (χ3v) is 3.18. The number of nitrogens with one attached hydrogen (secondary N) is 2. The van der Waals surface area contributed by atoms with Crippen LogP contribution in [0.3, 0.4) is 0 Å². The van der Waals surface area contributed by atoms with E-state index >= 15 is 0 Å². The molecule has 2 aromatic carbocycles. The van der Waals surface area contributed by atoms with Crippen molar-refractivity contribution < 1.29 is 22.8 Å².